The molecule has 0 aromatic heterocycles. The normalized spacial score (nSPS) is 11.7. The van der Waals surface area contributed by atoms with E-state index in [0.717, 1.165) is 6.07 Å². The molecule has 0 aliphatic heterocycles. The Bertz CT molecular complexity index is 1260. The summed E-state index contributed by atoms with van der Waals surface area (Å²) in [6.07, 6.45) is 0. The van der Waals surface area contributed by atoms with E-state index in [9.17, 15) is 21.2 Å². The molecule has 2 N–H and O–H groups in total. The molecule has 0 unspecified atom stereocenters. The number of sulfonamides is 2. The molecule has 0 aliphatic rings. The van der Waals surface area contributed by atoms with Gasteiger partial charge in [-0.15, -0.1) is 0 Å². The van der Waals surface area contributed by atoms with Gasteiger partial charge in [0.15, 0.2) is 11.6 Å². The number of nitrogens with one attached hydrogen (secondary N) is 2. The molecule has 3 rings (SSSR count). The first-order chi connectivity index (χ1) is 14.1. The van der Waals surface area contributed by atoms with Gasteiger partial charge in [0.05, 0.1) is 16.9 Å². The van der Waals surface area contributed by atoms with Crippen LogP contribution in [0.5, 0.6) is 5.75 Å². The van der Waals surface area contributed by atoms with Gasteiger partial charge in [-0.2, -0.15) is 0 Å². The van der Waals surface area contributed by atoms with Gasteiger partial charge in [0.25, 0.3) is 20.0 Å². The van der Waals surface area contributed by atoms with Crippen molar-refractivity contribution in [1.29, 1.82) is 0 Å². The van der Waals surface area contributed by atoms with E-state index in [-0.39, 0.29) is 21.2 Å². The summed E-state index contributed by atoms with van der Waals surface area (Å²) in [5, 5.41) is 0.464. The fourth-order valence-electron chi connectivity index (χ4n) is 2.46. The quantitative estimate of drug-likeness (QED) is 0.541. The van der Waals surface area contributed by atoms with Crippen molar-refractivity contribution < 1.29 is 26.0 Å². The number of rotatable bonds is 7. The van der Waals surface area contributed by atoms with E-state index in [2.05, 4.69) is 9.44 Å². The van der Waals surface area contributed by atoms with E-state index in [1.54, 1.807) is 12.1 Å². The molecular formula is C19H16ClFN2O5S2. The molecule has 0 atom stereocenters. The summed E-state index contributed by atoms with van der Waals surface area (Å²) < 4.78 is 73.1. The molecule has 0 radical (unpaired) electrons. The van der Waals surface area contributed by atoms with Crippen LogP contribution >= 0.6 is 11.6 Å². The Labute approximate surface area is 178 Å². The second kappa shape index (κ2) is 8.50. The van der Waals surface area contributed by atoms with Crippen molar-refractivity contribution in [3.8, 4) is 5.75 Å². The van der Waals surface area contributed by atoms with Gasteiger partial charge in [0.2, 0.25) is 0 Å². The van der Waals surface area contributed by atoms with E-state index < -0.39 is 25.9 Å². The maximum absolute atomic E-state index is 13.8. The van der Waals surface area contributed by atoms with Crippen molar-refractivity contribution in [2.75, 3.05) is 16.6 Å². The molecule has 0 aliphatic carbocycles. The van der Waals surface area contributed by atoms with Crippen LogP contribution in [-0.4, -0.2) is 23.9 Å². The van der Waals surface area contributed by atoms with Crippen LogP contribution in [0.1, 0.15) is 0 Å². The fourth-order valence-corrected chi connectivity index (χ4v) is 4.72. The van der Waals surface area contributed by atoms with Crippen molar-refractivity contribution in [2.45, 2.75) is 9.79 Å². The maximum Gasteiger partial charge on any atom is 0.262 e. The van der Waals surface area contributed by atoms with Gasteiger partial charge in [0.1, 0.15) is 0 Å². The van der Waals surface area contributed by atoms with Gasteiger partial charge in [-0.1, -0.05) is 11.6 Å². The van der Waals surface area contributed by atoms with Crippen molar-refractivity contribution >= 4 is 43.0 Å². The van der Waals surface area contributed by atoms with Crippen molar-refractivity contribution in [1.82, 2.24) is 0 Å². The van der Waals surface area contributed by atoms with Gasteiger partial charge in [0, 0.05) is 16.4 Å². The van der Waals surface area contributed by atoms with E-state index in [1.807, 2.05) is 0 Å². The molecule has 0 bridgehead atoms. The molecule has 0 saturated heterocycles. The van der Waals surface area contributed by atoms with Gasteiger partial charge >= 0.3 is 0 Å². The number of ether oxygens (including phenoxy) is 1. The zero-order chi connectivity index (χ0) is 21.9. The van der Waals surface area contributed by atoms with E-state index in [1.165, 1.54) is 55.6 Å². The SMILES string of the molecule is COc1ccc(S(=O)(=O)Nc2ccc(S(=O)(=O)Nc3ccc(Cl)cc3)cc2)cc1F. The first-order valence-corrected chi connectivity index (χ1v) is 11.7. The predicted molar refractivity (Wildman–Crippen MR) is 112 cm³/mol. The first-order valence-electron chi connectivity index (χ1n) is 8.35. The highest BCUT2D eigenvalue weighted by molar-refractivity contribution is 7.93. The van der Waals surface area contributed by atoms with Gasteiger partial charge in [-0.05, 0) is 66.7 Å². The zero-order valence-electron chi connectivity index (χ0n) is 15.5. The molecule has 11 heteroatoms. The Morgan fingerprint density at radius 1 is 0.767 bits per heavy atom. The second-order valence-electron chi connectivity index (χ2n) is 6.04. The average molecular weight is 471 g/mol. The number of hydrogen-bond acceptors (Lipinski definition) is 5. The Hall–Kier alpha value is -2.82. The lowest BCUT2D eigenvalue weighted by atomic mass is 10.3. The van der Waals surface area contributed by atoms with Crippen LogP contribution in [0.4, 0.5) is 15.8 Å². The van der Waals surface area contributed by atoms with Gasteiger partial charge in [-0.3, -0.25) is 9.44 Å². The lowest BCUT2D eigenvalue weighted by molar-refractivity contribution is 0.385. The largest absolute Gasteiger partial charge is 0.494 e. The number of benzene rings is 3. The summed E-state index contributed by atoms with van der Waals surface area (Å²) in [7, 11) is -6.70. The molecule has 30 heavy (non-hydrogen) atoms. The minimum absolute atomic E-state index is 0.0733. The summed E-state index contributed by atoms with van der Waals surface area (Å²) in [6, 6.07) is 14.4. The molecule has 0 amide bonds. The van der Waals surface area contributed by atoms with Crippen molar-refractivity contribution in [3.05, 3.63) is 77.6 Å². The smallest absolute Gasteiger partial charge is 0.262 e. The maximum atomic E-state index is 13.8. The Morgan fingerprint density at radius 2 is 1.23 bits per heavy atom. The van der Waals surface area contributed by atoms with Gasteiger partial charge in [-0.25, -0.2) is 21.2 Å². The number of methoxy groups -OCH3 is 1. The highest BCUT2D eigenvalue weighted by Crippen LogP contribution is 2.24. The predicted octanol–water partition coefficient (Wildman–Crippen LogP) is 4.09. The average Bonchev–Trinajstić information content (AvgIpc) is 2.69. The zero-order valence-corrected chi connectivity index (χ0v) is 17.9. The number of halogens is 2. The van der Waals surface area contributed by atoms with Crippen molar-refractivity contribution in [3.63, 3.8) is 0 Å². The topological polar surface area (TPSA) is 102 Å². The van der Waals surface area contributed by atoms with Crippen LogP contribution in [0.15, 0.2) is 76.5 Å². The fraction of sp³-hybridized carbons (Fsp3) is 0.0526. The summed E-state index contributed by atoms with van der Waals surface area (Å²) >= 11 is 5.78. The molecule has 0 fully saturated rings. The summed E-state index contributed by atoms with van der Waals surface area (Å²) in [4.78, 5) is -0.377. The minimum atomic E-state index is -4.08. The summed E-state index contributed by atoms with van der Waals surface area (Å²) in [5.41, 5.74) is 0.433. The van der Waals surface area contributed by atoms with E-state index in [4.69, 9.17) is 16.3 Å². The summed E-state index contributed by atoms with van der Waals surface area (Å²) in [5.74, 6) is -0.910. The third kappa shape index (κ3) is 5.02. The molecule has 0 heterocycles. The molecule has 3 aromatic carbocycles. The molecule has 158 valence electrons. The molecule has 7 nitrogen and oxygen atoms in total. The Balaban J connectivity index is 1.78. The highest BCUT2D eigenvalue weighted by atomic mass is 35.5. The summed E-state index contributed by atoms with van der Waals surface area (Å²) in [6.45, 7) is 0. The third-order valence-electron chi connectivity index (χ3n) is 3.95. The van der Waals surface area contributed by atoms with Crippen molar-refractivity contribution in [2.24, 2.45) is 0 Å². The van der Waals surface area contributed by atoms with E-state index >= 15 is 0 Å². The van der Waals surface area contributed by atoms with Crippen LogP contribution in [-0.2, 0) is 20.0 Å². The monoisotopic (exact) mass is 470 g/mol. The van der Waals surface area contributed by atoms with Crippen LogP contribution in [0, 0.1) is 5.82 Å². The highest BCUT2D eigenvalue weighted by Gasteiger charge is 2.18. The lowest BCUT2D eigenvalue weighted by Crippen LogP contribution is -2.15. The Kier molecular flexibility index (Phi) is 6.20. The molecular weight excluding hydrogens is 455 g/mol. The number of anilines is 2. The molecule has 0 spiro atoms. The molecule has 0 saturated carbocycles. The third-order valence-corrected chi connectivity index (χ3v) is 6.97. The Morgan fingerprint density at radius 3 is 1.73 bits per heavy atom. The van der Waals surface area contributed by atoms with Crippen LogP contribution < -0.4 is 14.2 Å². The number of hydrogen-bond donors (Lipinski definition) is 2. The van der Waals surface area contributed by atoms with Crippen LogP contribution in [0.25, 0.3) is 0 Å². The second-order valence-corrected chi connectivity index (χ2v) is 9.84. The lowest BCUT2D eigenvalue weighted by Gasteiger charge is -2.11. The van der Waals surface area contributed by atoms with E-state index in [0.29, 0.717) is 10.7 Å². The van der Waals surface area contributed by atoms with Gasteiger partial charge < -0.3 is 4.74 Å². The minimum Gasteiger partial charge on any atom is -0.494 e. The van der Waals surface area contributed by atoms with Crippen LogP contribution in [0.3, 0.4) is 0 Å². The molecule has 3 aromatic rings. The first kappa shape index (κ1) is 21.9. The van der Waals surface area contributed by atoms with Crippen LogP contribution in [0.2, 0.25) is 5.02 Å². The standard InChI is InChI=1S/C19H16ClFN2O5S2/c1-28-19-11-10-17(12-18(19)21)30(26,27)23-15-6-8-16(9-7-15)29(24,25)22-14-4-2-13(20)3-5-14/h2-12,22-23H,1H3.